The van der Waals surface area contributed by atoms with Crippen LogP contribution in [0.2, 0.25) is 0 Å². The lowest BCUT2D eigenvalue weighted by molar-refractivity contribution is -0.121. The van der Waals surface area contributed by atoms with E-state index in [9.17, 15) is 14.0 Å². The Balaban J connectivity index is 2.40. The topological polar surface area (TPSA) is 70.2 Å². The molecule has 3 N–H and O–H groups in total. The number of benzene rings is 1. The van der Waals surface area contributed by atoms with Crippen molar-refractivity contribution in [3.05, 3.63) is 35.6 Å². The molecule has 19 heavy (non-hydrogen) atoms. The fourth-order valence-electron chi connectivity index (χ4n) is 1.44. The highest BCUT2D eigenvalue weighted by Gasteiger charge is 2.14. The van der Waals surface area contributed by atoms with E-state index in [1.54, 1.807) is 26.0 Å². The molecule has 1 rings (SSSR count). The summed E-state index contributed by atoms with van der Waals surface area (Å²) in [6, 6.07) is 5.03. The van der Waals surface area contributed by atoms with Crippen LogP contribution in [-0.2, 0) is 11.3 Å². The van der Waals surface area contributed by atoms with Crippen LogP contribution in [0, 0.1) is 5.82 Å². The van der Waals surface area contributed by atoms with E-state index in [2.05, 4.69) is 16.0 Å². The van der Waals surface area contributed by atoms with E-state index in [0.29, 0.717) is 13.1 Å². The van der Waals surface area contributed by atoms with Gasteiger partial charge in [0.15, 0.2) is 0 Å². The van der Waals surface area contributed by atoms with E-state index in [4.69, 9.17) is 0 Å². The van der Waals surface area contributed by atoms with Crippen LogP contribution in [0.1, 0.15) is 19.4 Å². The normalized spacial score (nSPS) is 11.7. The van der Waals surface area contributed by atoms with Crippen LogP contribution in [0.15, 0.2) is 24.3 Å². The van der Waals surface area contributed by atoms with Gasteiger partial charge in [-0.3, -0.25) is 10.1 Å². The van der Waals surface area contributed by atoms with Crippen molar-refractivity contribution in [3.8, 4) is 0 Å². The first-order valence-corrected chi connectivity index (χ1v) is 6.09. The molecule has 0 heterocycles. The maximum atomic E-state index is 12.9. The summed E-state index contributed by atoms with van der Waals surface area (Å²) in [5, 5.41) is 7.58. The third-order valence-electron chi connectivity index (χ3n) is 2.47. The van der Waals surface area contributed by atoms with Crippen molar-refractivity contribution in [1.29, 1.82) is 0 Å². The summed E-state index contributed by atoms with van der Waals surface area (Å²) in [4.78, 5) is 22.8. The minimum absolute atomic E-state index is 0.321. The second-order valence-electron chi connectivity index (χ2n) is 4.08. The number of nitrogens with one attached hydrogen (secondary N) is 3. The molecular weight excluding hydrogens is 249 g/mol. The van der Waals surface area contributed by atoms with Gasteiger partial charge in [-0.25, -0.2) is 9.18 Å². The molecule has 0 spiro atoms. The quantitative estimate of drug-likeness (QED) is 0.749. The molecule has 0 aliphatic carbocycles. The van der Waals surface area contributed by atoms with Gasteiger partial charge in [0.1, 0.15) is 5.82 Å². The van der Waals surface area contributed by atoms with Crippen LogP contribution in [-0.4, -0.2) is 24.5 Å². The minimum atomic E-state index is -0.550. The van der Waals surface area contributed by atoms with Crippen molar-refractivity contribution in [2.24, 2.45) is 0 Å². The van der Waals surface area contributed by atoms with Crippen LogP contribution in [0.4, 0.5) is 9.18 Å². The highest BCUT2D eigenvalue weighted by atomic mass is 19.1. The van der Waals surface area contributed by atoms with Crippen LogP contribution < -0.4 is 16.0 Å². The molecule has 0 aromatic heterocycles. The predicted molar refractivity (Wildman–Crippen MR) is 69.9 cm³/mol. The average Bonchev–Trinajstić information content (AvgIpc) is 2.36. The number of imide groups is 1. The summed E-state index contributed by atoms with van der Waals surface area (Å²) in [5.41, 5.74) is 0.734. The molecule has 0 radical (unpaired) electrons. The number of amides is 3. The van der Waals surface area contributed by atoms with Gasteiger partial charge in [-0.05, 0) is 31.5 Å². The molecule has 0 saturated heterocycles. The number of carbonyl (C=O) groups is 2. The zero-order chi connectivity index (χ0) is 14.3. The van der Waals surface area contributed by atoms with E-state index in [-0.39, 0.29) is 5.82 Å². The van der Waals surface area contributed by atoms with Gasteiger partial charge in [0.2, 0.25) is 5.91 Å². The standard InChI is InChI=1S/C13H18FN3O2/c1-3-15-13(19)17-12(18)9(2)16-8-10-5-4-6-11(14)7-10/h4-7,9,16H,3,8H2,1-2H3,(H2,15,17,18,19). The molecule has 0 aliphatic heterocycles. The Morgan fingerprint density at radius 3 is 2.74 bits per heavy atom. The largest absolute Gasteiger partial charge is 0.338 e. The lowest BCUT2D eigenvalue weighted by Crippen LogP contribution is -2.47. The number of carbonyl (C=O) groups excluding carboxylic acids is 2. The van der Waals surface area contributed by atoms with Crippen molar-refractivity contribution in [2.75, 3.05) is 6.54 Å². The molecule has 0 fully saturated rings. The van der Waals surface area contributed by atoms with Crippen molar-refractivity contribution in [1.82, 2.24) is 16.0 Å². The van der Waals surface area contributed by atoms with Gasteiger partial charge in [-0.2, -0.15) is 0 Å². The molecule has 0 saturated carbocycles. The predicted octanol–water partition coefficient (Wildman–Crippen LogP) is 1.15. The van der Waals surface area contributed by atoms with Crippen LogP contribution in [0.25, 0.3) is 0 Å². The molecule has 1 atom stereocenters. The highest BCUT2D eigenvalue weighted by Crippen LogP contribution is 2.03. The van der Waals surface area contributed by atoms with Crippen molar-refractivity contribution < 1.29 is 14.0 Å². The third kappa shape index (κ3) is 5.48. The van der Waals surface area contributed by atoms with Gasteiger partial charge < -0.3 is 10.6 Å². The Hall–Kier alpha value is -1.95. The van der Waals surface area contributed by atoms with E-state index in [1.165, 1.54) is 12.1 Å². The zero-order valence-electron chi connectivity index (χ0n) is 11.0. The fraction of sp³-hybridized carbons (Fsp3) is 0.385. The fourth-order valence-corrected chi connectivity index (χ4v) is 1.44. The van der Waals surface area contributed by atoms with Gasteiger partial charge in [-0.1, -0.05) is 12.1 Å². The monoisotopic (exact) mass is 267 g/mol. The van der Waals surface area contributed by atoms with Crippen LogP contribution in [0.3, 0.4) is 0 Å². The maximum absolute atomic E-state index is 12.9. The first-order valence-electron chi connectivity index (χ1n) is 6.09. The number of hydrogen-bond acceptors (Lipinski definition) is 3. The summed E-state index contributed by atoms with van der Waals surface area (Å²) in [6.45, 7) is 4.19. The van der Waals surface area contributed by atoms with E-state index >= 15 is 0 Å². The number of hydrogen-bond donors (Lipinski definition) is 3. The molecule has 3 amide bonds. The van der Waals surface area contributed by atoms with Crippen molar-refractivity contribution in [2.45, 2.75) is 26.4 Å². The van der Waals surface area contributed by atoms with Gasteiger partial charge in [-0.15, -0.1) is 0 Å². The first-order chi connectivity index (χ1) is 9.02. The second kappa shape index (κ2) is 7.48. The number of halogens is 1. The van der Waals surface area contributed by atoms with Gasteiger partial charge in [0.05, 0.1) is 6.04 Å². The summed E-state index contributed by atoms with van der Waals surface area (Å²) in [7, 11) is 0. The molecule has 6 heteroatoms. The van der Waals surface area contributed by atoms with Gasteiger partial charge >= 0.3 is 6.03 Å². The molecule has 5 nitrogen and oxygen atoms in total. The molecule has 1 unspecified atom stereocenters. The maximum Gasteiger partial charge on any atom is 0.321 e. The Labute approximate surface area is 111 Å². The smallest absolute Gasteiger partial charge is 0.321 e. The average molecular weight is 267 g/mol. The van der Waals surface area contributed by atoms with E-state index in [0.717, 1.165) is 5.56 Å². The Morgan fingerprint density at radius 2 is 2.11 bits per heavy atom. The molecule has 104 valence electrons. The molecular formula is C13H18FN3O2. The first kappa shape index (κ1) is 15.1. The van der Waals surface area contributed by atoms with Crippen LogP contribution in [0.5, 0.6) is 0 Å². The van der Waals surface area contributed by atoms with Gasteiger partial charge in [0, 0.05) is 13.1 Å². The SMILES string of the molecule is CCNC(=O)NC(=O)C(C)NCc1cccc(F)c1. The Bertz CT molecular complexity index is 451. The molecule has 1 aromatic carbocycles. The summed E-state index contributed by atoms with van der Waals surface area (Å²) in [6.07, 6.45) is 0. The number of urea groups is 1. The molecule has 0 aliphatic rings. The highest BCUT2D eigenvalue weighted by molar-refractivity contribution is 5.96. The zero-order valence-corrected chi connectivity index (χ0v) is 11.0. The van der Waals surface area contributed by atoms with Crippen LogP contribution >= 0.6 is 0 Å². The van der Waals surface area contributed by atoms with Crippen molar-refractivity contribution >= 4 is 11.9 Å². The summed E-state index contributed by atoms with van der Waals surface area (Å²) in [5.74, 6) is -0.749. The van der Waals surface area contributed by atoms with E-state index < -0.39 is 18.0 Å². The Morgan fingerprint density at radius 1 is 1.37 bits per heavy atom. The van der Waals surface area contributed by atoms with Crippen molar-refractivity contribution in [3.63, 3.8) is 0 Å². The minimum Gasteiger partial charge on any atom is -0.338 e. The lowest BCUT2D eigenvalue weighted by Gasteiger charge is -2.13. The molecule has 1 aromatic rings. The third-order valence-corrected chi connectivity index (χ3v) is 2.47. The van der Waals surface area contributed by atoms with Gasteiger partial charge in [0.25, 0.3) is 0 Å². The Kier molecular flexibility index (Phi) is 5.95. The summed E-state index contributed by atoms with van der Waals surface area (Å²) >= 11 is 0. The lowest BCUT2D eigenvalue weighted by atomic mass is 10.2. The second-order valence-corrected chi connectivity index (χ2v) is 4.08. The van der Waals surface area contributed by atoms with E-state index in [1.807, 2.05) is 0 Å². The molecule has 0 bridgehead atoms. The summed E-state index contributed by atoms with van der Waals surface area (Å²) < 4.78 is 12.9. The number of rotatable bonds is 5.